The zero-order valence-electron chi connectivity index (χ0n) is 17.3. The minimum atomic E-state index is -0.0292. The lowest BCUT2D eigenvalue weighted by Crippen LogP contribution is -2.33. The van der Waals surface area contributed by atoms with Gasteiger partial charge in [0.05, 0.1) is 16.8 Å². The molecule has 0 spiro atoms. The van der Waals surface area contributed by atoms with Crippen molar-refractivity contribution in [3.05, 3.63) is 53.6 Å². The molecule has 156 valence electrons. The first-order chi connectivity index (χ1) is 13.5. The number of halogens is 1. The Labute approximate surface area is 182 Å². The summed E-state index contributed by atoms with van der Waals surface area (Å²) in [6.45, 7) is 6.15. The molecule has 2 aromatic carbocycles. The Balaban J connectivity index is 0.00000300. The van der Waals surface area contributed by atoms with Crippen LogP contribution in [0, 0.1) is 6.92 Å². The maximum Gasteiger partial charge on any atom is 0.260 e. The summed E-state index contributed by atoms with van der Waals surface area (Å²) in [5.74, 6) is 0.743. The third-order valence-electron chi connectivity index (χ3n) is 4.48. The third kappa shape index (κ3) is 5.69. The maximum absolute atomic E-state index is 13.3. The number of hydrogen-bond donors (Lipinski definition) is 0. The second-order valence-electron chi connectivity index (χ2n) is 6.99. The average Bonchev–Trinajstić information content (AvgIpc) is 3.11. The number of aromatic nitrogens is 1. The molecule has 7 heteroatoms. The predicted molar refractivity (Wildman–Crippen MR) is 124 cm³/mol. The number of rotatable bonds is 8. The van der Waals surface area contributed by atoms with Crippen LogP contribution in [0.15, 0.2) is 42.5 Å². The molecule has 0 saturated carbocycles. The molecule has 1 aromatic heterocycles. The first-order valence-electron chi connectivity index (χ1n) is 9.55. The van der Waals surface area contributed by atoms with Crippen LogP contribution >= 0.6 is 23.7 Å². The van der Waals surface area contributed by atoms with E-state index < -0.39 is 0 Å². The number of aryl methyl sites for hydroxylation is 1. The van der Waals surface area contributed by atoms with E-state index in [-0.39, 0.29) is 18.3 Å². The van der Waals surface area contributed by atoms with Gasteiger partial charge >= 0.3 is 0 Å². The van der Waals surface area contributed by atoms with Crippen LogP contribution in [0.1, 0.15) is 29.3 Å². The Morgan fingerprint density at radius 1 is 1.10 bits per heavy atom. The molecule has 0 saturated heterocycles. The fraction of sp³-hybridized carbons (Fsp3) is 0.364. The van der Waals surface area contributed by atoms with E-state index in [1.807, 2.05) is 56.3 Å². The number of para-hydroxylation sites is 1. The van der Waals surface area contributed by atoms with Crippen molar-refractivity contribution in [2.45, 2.75) is 20.3 Å². The minimum Gasteiger partial charge on any atom is -0.494 e. The molecule has 0 radical (unpaired) electrons. The van der Waals surface area contributed by atoms with Gasteiger partial charge in [0, 0.05) is 12.1 Å². The van der Waals surface area contributed by atoms with Crippen LogP contribution < -0.4 is 9.64 Å². The van der Waals surface area contributed by atoms with Crippen molar-refractivity contribution >= 4 is 45.0 Å². The summed E-state index contributed by atoms with van der Waals surface area (Å²) < 4.78 is 6.59. The van der Waals surface area contributed by atoms with Crippen molar-refractivity contribution in [1.29, 1.82) is 0 Å². The second-order valence-corrected chi connectivity index (χ2v) is 8.00. The zero-order chi connectivity index (χ0) is 20.1. The van der Waals surface area contributed by atoms with E-state index in [2.05, 4.69) is 24.0 Å². The van der Waals surface area contributed by atoms with Gasteiger partial charge < -0.3 is 9.64 Å². The van der Waals surface area contributed by atoms with Crippen LogP contribution in [0.3, 0.4) is 0 Å². The molecule has 3 aromatic rings. The molecule has 0 aliphatic rings. The Hall–Kier alpha value is -2.15. The quantitative estimate of drug-likeness (QED) is 0.500. The first-order valence-corrected chi connectivity index (χ1v) is 10.4. The van der Waals surface area contributed by atoms with E-state index in [1.54, 1.807) is 11.3 Å². The van der Waals surface area contributed by atoms with E-state index in [1.165, 1.54) is 0 Å². The number of ether oxygens (including phenoxy) is 1. The van der Waals surface area contributed by atoms with Crippen LogP contribution in [-0.4, -0.2) is 49.6 Å². The summed E-state index contributed by atoms with van der Waals surface area (Å²) in [5, 5.41) is 0.752. The number of carbonyl (C=O) groups is 1. The summed E-state index contributed by atoms with van der Waals surface area (Å²) >= 11 is 1.57. The van der Waals surface area contributed by atoms with Gasteiger partial charge in [-0.15, -0.1) is 12.4 Å². The number of thiazole rings is 1. The Morgan fingerprint density at radius 2 is 1.83 bits per heavy atom. The number of nitrogens with zero attached hydrogens (tertiary/aromatic N) is 3. The highest BCUT2D eigenvalue weighted by atomic mass is 35.5. The van der Waals surface area contributed by atoms with Crippen LogP contribution in [-0.2, 0) is 0 Å². The molecule has 5 nitrogen and oxygen atoms in total. The summed E-state index contributed by atoms with van der Waals surface area (Å²) in [6, 6.07) is 13.5. The van der Waals surface area contributed by atoms with Gasteiger partial charge in [0.25, 0.3) is 5.91 Å². The van der Waals surface area contributed by atoms with Gasteiger partial charge in [-0.2, -0.15) is 0 Å². The van der Waals surface area contributed by atoms with Crippen molar-refractivity contribution in [2.24, 2.45) is 0 Å². The number of hydrogen-bond acceptors (Lipinski definition) is 5. The smallest absolute Gasteiger partial charge is 0.260 e. The highest BCUT2D eigenvalue weighted by Crippen LogP contribution is 2.31. The standard InChI is InChI=1S/C22H27N3O2S.ClH/c1-5-27-18-12-10-17(11-13-18)21(26)25(15-7-14-24(3)4)22-23-20-16(2)8-6-9-19(20)28-22;/h6,8-13H,5,7,14-15H2,1-4H3;1H. The first kappa shape index (κ1) is 23.1. The lowest BCUT2D eigenvalue weighted by molar-refractivity contribution is 0.0986. The van der Waals surface area contributed by atoms with Crippen LogP contribution in [0.25, 0.3) is 10.2 Å². The summed E-state index contributed by atoms with van der Waals surface area (Å²) in [4.78, 5) is 22.0. The summed E-state index contributed by atoms with van der Waals surface area (Å²) in [5.41, 5.74) is 2.74. The molecule has 0 bridgehead atoms. The number of amides is 1. The Bertz CT molecular complexity index is 941. The Morgan fingerprint density at radius 3 is 2.45 bits per heavy atom. The highest BCUT2D eigenvalue weighted by Gasteiger charge is 2.21. The molecule has 1 amide bonds. The molecule has 0 aliphatic carbocycles. The third-order valence-corrected chi connectivity index (χ3v) is 5.53. The number of benzene rings is 2. The molecule has 29 heavy (non-hydrogen) atoms. The normalized spacial score (nSPS) is 10.8. The van der Waals surface area contributed by atoms with Crippen molar-refractivity contribution in [3.8, 4) is 5.75 Å². The number of fused-ring (bicyclic) bond motifs is 1. The number of carbonyl (C=O) groups excluding carboxylic acids is 1. The molecule has 1 heterocycles. The van der Waals surface area contributed by atoms with E-state index in [9.17, 15) is 4.79 Å². The molecule has 3 rings (SSSR count). The SMILES string of the molecule is CCOc1ccc(C(=O)N(CCCN(C)C)c2nc3c(C)cccc3s2)cc1.Cl. The van der Waals surface area contributed by atoms with Gasteiger partial charge in [0.15, 0.2) is 5.13 Å². The highest BCUT2D eigenvalue weighted by molar-refractivity contribution is 7.22. The molecule has 0 fully saturated rings. The van der Waals surface area contributed by atoms with Crippen LogP contribution in [0.2, 0.25) is 0 Å². The van der Waals surface area contributed by atoms with Gasteiger partial charge in [-0.25, -0.2) is 4.98 Å². The van der Waals surface area contributed by atoms with Crippen molar-refractivity contribution in [2.75, 3.05) is 38.7 Å². The van der Waals surface area contributed by atoms with E-state index in [4.69, 9.17) is 9.72 Å². The monoisotopic (exact) mass is 433 g/mol. The van der Waals surface area contributed by atoms with Gasteiger partial charge in [-0.1, -0.05) is 23.5 Å². The molecular formula is C22H28ClN3O2S. The van der Waals surface area contributed by atoms with Gasteiger partial charge in [0.1, 0.15) is 5.75 Å². The molecule has 0 aliphatic heterocycles. The predicted octanol–water partition coefficient (Wildman–Crippen LogP) is 5.02. The fourth-order valence-electron chi connectivity index (χ4n) is 3.04. The minimum absolute atomic E-state index is 0. The van der Waals surface area contributed by atoms with E-state index in [0.29, 0.717) is 18.7 Å². The topological polar surface area (TPSA) is 45.7 Å². The molecule has 0 atom stereocenters. The number of anilines is 1. The van der Waals surface area contributed by atoms with Crippen molar-refractivity contribution in [1.82, 2.24) is 9.88 Å². The lowest BCUT2D eigenvalue weighted by atomic mass is 10.2. The molecular weight excluding hydrogens is 406 g/mol. The Kier molecular flexibility index (Phi) is 8.44. The zero-order valence-corrected chi connectivity index (χ0v) is 19.0. The van der Waals surface area contributed by atoms with Gasteiger partial charge in [-0.05, 0) is 76.8 Å². The van der Waals surface area contributed by atoms with Gasteiger partial charge in [-0.3, -0.25) is 9.69 Å². The maximum atomic E-state index is 13.3. The lowest BCUT2D eigenvalue weighted by Gasteiger charge is -2.21. The van der Waals surface area contributed by atoms with Crippen molar-refractivity contribution < 1.29 is 9.53 Å². The van der Waals surface area contributed by atoms with Crippen LogP contribution in [0.5, 0.6) is 5.75 Å². The van der Waals surface area contributed by atoms with E-state index >= 15 is 0 Å². The summed E-state index contributed by atoms with van der Waals surface area (Å²) in [6.07, 6.45) is 0.880. The average molecular weight is 434 g/mol. The summed E-state index contributed by atoms with van der Waals surface area (Å²) in [7, 11) is 4.08. The molecule has 0 N–H and O–H groups in total. The van der Waals surface area contributed by atoms with E-state index in [0.717, 1.165) is 39.6 Å². The van der Waals surface area contributed by atoms with Gasteiger partial charge in [0.2, 0.25) is 0 Å². The largest absolute Gasteiger partial charge is 0.494 e. The molecule has 0 unspecified atom stereocenters. The van der Waals surface area contributed by atoms with Crippen molar-refractivity contribution in [3.63, 3.8) is 0 Å². The second kappa shape index (κ2) is 10.6. The van der Waals surface area contributed by atoms with Crippen LogP contribution in [0.4, 0.5) is 5.13 Å². The fourth-order valence-corrected chi connectivity index (χ4v) is 4.10.